The first-order valence-corrected chi connectivity index (χ1v) is 16.7. The van der Waals surface area contributed by atoms with Gasteiger partial charge in [-0.25, -0.2) is 9.78 Å². The summed E-state index contributed by atoms with van der Waals surface area (Å²) in [5.74, 6) is -0.210. The van der Waals surface area contributed by atoms with E-state index in [4.69, 9.17) is 21.1 Å². The average molecular weight is 694 g/mol. The Balaban J connectivity index is 1.30. The Morgan fingerprint density at radius 2 is 1.50 bits per heavy atom. The first-order valence-electron chi connectivity index (χ1n) is 16.3. The van der Waals surface area contributed by atoms with Gasteiger partial charge in [0.1, 0.15) is 25.0 Å². The highest BCUT2D eigenvalue weighted by molar-refractivity contribution is 6.31. The summed E-state index contributed by atoms with van der Waals surface area (Å²) in [6, 6.07) is 32.9. The van der Waals surface area contributed by atoms with Gasteiger partial charge in [0, 0.05) is 36.4 Å². The number of alkyl carbamates (subject to hydrolysis) is 1. The van der Waals surface area contributed by atoms with Crippen LogP contribution in [-0.2, 0) is 40.5 Å². The minimum atomic E-state index is -1.05. The van der Waals surface area contributed by atoms with Crippen molar-refractivity contribution in [3.8, 4) is 5.75 Å². The van der Waals surface area contributed by atoms with Gasteiger partial charge in [0.25, 0.3) is 0 Å². The quantitative estimate of drug-likeness (QED) is 0.109. The highest BCUT2D eigenvalue weighted by Gasteiger charge is 2.29. The number of nitrogens with one attached hydrogen (secondary N) is 3. The topological polar surface area (TPSA) is 126 Å². The molecule has 0 aliphatic heterocycles. The number of amides is 3. The number of carbonyl (C=O) groups is 3. The first kappa shape index (κ1) is 35.7. The molecule has 0 saturated heterocycles. The third-order valence-electron chi connectivity index (χ3n) is 8.01. The molecule has 0 spiro atoms. The molecular weight excluding hydrogens is 654 g/mol. The van der Waals surface area contributed by atoms with Gasteiger partial charge in [0.05, 0.1) is 12.9 Å². The fraction of sp³-hybridized carbons (Fsp3) is 0.231. The van der Waals surface area contributed by atoms with Gasteiger partial charge in [0.15, 0.2) is 0 Å². The average Bonchev–Trinajstić information content (AvgIpc) is 3.66. The summed E-state index contributed by atoms with van der Waals surface area (Å²) < 4.78 is 11.4. The van der Waals surface area contributed by atoms with E-state index in [0.29, 0.717) is 29.6 Å². The van der Waals surface area contributed by atoms with Crippen LogP contribution >= 0.6 is 11.6 Å². The number of ether oxygens (including phenoxy) is 2. The largest absolute Gasteiger partial charge is 0.489 e. The molecule has 0 radical (unpaired) electrons. The Labute approximate surface area is 296 Å². The third kappa shape index (κ3) is 11.0. The maximum Gasteiger partial charge on any atom is 0.408 e. The van der Waals surface area contributed by atoms with Crippen molar-refractivity contribution in [2.75, 3.05) is 13.1 Å². The number of benzene rings is 4. The molecule has 3 N–H and O–H groups in total. The van der Waals surface area contributed by atoms with Gasteiger partial charge < -0.3 is 30.0 Å². The van der Waals surface area contributed by atoms with Gasteiger partial charge >= 0.3 is 6.09 Å². The molecule has 0 aliphatic rings. The van der Waals surface area contributed by atoms with Crippen molar-refractivity contribution < 1.29 is 23.9 Å². The maximum atomic E-state index is 14.2. The van der Waals surface area contributed by atoms with Crippen LogP contribution in [0.3, 0.4) is 0 Å². The molecule has 11 heteroatoms. The van der Waals surface area contributed by atoms with Crippen molar-refractivity contribution in [3.63, 3.8) is 0 Å². The van der Waals surface area contributed by atoms with E-state index in [1.54, 1.807) is 6.20 Å². The zero-order valence-electron chi connectivity index (χ0n) is 27.8. The Morgan fingerprint density at radius 3 is 2.16 bits per heavy atom. The first-order chi connectivity index (χ1) is 24.3. The number of aromatic nitrogens is 2. The number of rotatable bonds is 16. The van der Waals surface area contributed by atoms with E-state index in [2.05, 4.69) is 20.6 Å². The molecule has 2 atom stereocenters. The molecule has 0 saturated carbocycles. The molecule has 4 aromatic carbocycles. The number of imidazole rings is 1. The number of halogens is 1. The van der Waals surface area contributed by atoms with Crippen molar-refractivity contribution in [1.82, 2.24) is 25.5 Å². The number of hydrogen-bond acceptors (Lipinski definition) is 6. The lowest BCUT2D eigenvalue weighted by Crippen LogP contribution is -2.52. The zero-order chi connectivity index (χ0) is 35.1. The van der Waals surface area contributed by atoms with Gasteiger partial charge in [-0.2, -0.15) is 0 Å². The molecule has 0 bridgehead atoms. The van der Waals surface area contributed by atoms with Crippen LogP contribution in [0.5, 0.6) is 5.75 Å². The number of aromatic amines is 1. The number of H-pyrrole nitrogens is 1. The van der Waals surface area contributed by atoms with Crippen molar-refractivity contribution >= 4 is 29.5 Å². The van der Waals surface area contributed by atoms with Crippen LogP contribution in [0.25, 0.3) is 0 Å². The number of nitrogens with zero attached hydrogens (tertiary/aromatic N) is 2. The molecule has 50 heavy (non-hydrogen) atoms. The van der Waals surface area contributed by atoms with Crippen LogP contribution in [0.4, 0.5) is 4.79 Å². The summed E-state index contributed by atoms with van der Waals surface area (Å²) in [6.45, 7) is 2.59. The molecule has 0 fully saturated rings. The van der Waals surface area contributed by atoms with E-state index in [1.165, 1.54) is 11.2 Å². The van der Waals surface area contributed by atoms with Gasteiger partial charge in [-0.1, -0.05) is 110 Å². The van der Waals surface area contributed by atoms with Crippen molar-refractivity contribution in [2.24, 2.45) is 0 Å². The molecule has 1 aromatic heterocycles. The van der Waals surface area contributed by atoms with E-state index in [-0.39, 0.29) is 37.9 Å². The lowest BCUT2D eigenvalue weighted by Gasteiger charge is -2.28. The van der Waals surface area contributed by atoms with Crippen LogP contribution in [0.1, 0.15) is 40.8 Å². The van der Waals surface area contributed by atoms with Crippen molar-refractivity contribution in [3.05, 3.63) is 155 Å². The van der Waals surface area contributed by atoms with Gasteiger partial charge in [0.2, 0.25) is 11.8 Å². The summed E-state index contributed by atoms with van der Waals surface area (Å²) in [5, 5.41) is 6.28. The Hall–Kier alpha value is -5.61. The minimum Gasteiger partial charge on any atom is -0.489 e. The molecule has 5 aromatic rings. The van der Waals surface area contributed by atoms with Crippen molar-refractivity contribution in [2.45, 2.75) is 45.1 Å². The molecule has 3 amide bonds. The van der Waals surface area contributed by atoms with Gasteiger partial charge in [-0.3, -0.25) is 9.59 Å². The van der Waals surface area contributed by atoms with Crippen LogP contribution in [-0.4, -0.2) is 51.9 Å². The van der Waals surface area contributed by atoms with Crippen molar-refractivity contribution in [1.29, 1.82) is 0 Å². The Bertz CT molecular complexity index is 1800. The second-order valence-electron chi connectivity index (χ2n) is 11.9. The summed E-state index contributed by atoms with van der Waals surface area (Å²) in [5.41, 5.74) is 4.16. The summed E-state index contributed by atoms with van der Waals surface area (Å²) >= 11 is 6.38. The van der Waals surface area contributed by atoms with Crippen LogP contribution in [0.15, 0.2) is 122 Å². The Morgan fingerprint density at radius 1 is 0.840 bits per heavy atom. The SMILES string of the molecule is C[C@H](CNC(=O)CN(Cc1ccc(OCc2ccccc2)cc1)C(=O)[C@H](Cc1cnc[nH]1)NC(=O)OCc1ccccc1)c1ccccc1Cl. The van der Waals surface area contributed by atoms with E-state index < -0.39 is 18.0 Å². The summed E-state index contributed by atoms with van der Waals surface area (Å²) in [7, 11) is 0. The van der Waals surface area contributed by atoms with E-state index in [9.17, 15) is 14.4 Å². The molecule has 258 valence electrons. The predicted octanol–water partition coefficient (Wildman–Crippen LogP) is 6.43. The normalized spacial score (nSPS) is 12.0. The predicted molar refractivity (Wildman–Crippen MR) is 191 cm³/mol. The second-order valence-corrected chi connectivity index (χ2v) is 12.3. The minimum absolute atomic E-state index is 0.0338. The highest BCUT2D eigenvalue weighted by Crippen LogP contribution is 2.23. The zero-order valence-corrected chi connectivity index (χ0v) is 28.5. The molecule has 5 rings (SSSR count). The molecule has 1 heterocycles. The summed E-state index contributed by atoms with van der Waals surface area (Å²) in [4.78, 5) is 49.1. The highest BCUT2D eigenvalue weighted by atomic mass is 35.5. The van der Waals surface area contributed by atoms with Gasteiger partial charge in [-0.15, -0.1) is 0 Å². The monoisotopic (exact) mass is 693 g/mol. The third-order valence-corrected chi connectivity index (χ3v) is 8.36. The molecule has 10 nitrogen and oxygen atoms in total. The van der Waals surface area contributed by atoms with Crippen LogP contribution in [0.2, 0.25) is 5.02 Å². The molecule has 0 aliphatic carbocycles. The van der Waals surface area contributed by atoms with E-state index in [0.717, 1.165) is 22.3 Å². The van der Waals surface area contributed by atoms with E-state index >= 15 is 0 Å². The fourth-order valence-corrected chi connectivity index (χ4v) is 5.61. The number of carbonyl (C=O) groups excluding carboxylic acids is 3. The lowest BCUT2D eigenvalue weighted by molar-refractivity contribution is -0.138. The van der Waals surface area contributed by atoms with E-state index in [1.807, 2.05) is 116 Å². The standard InChI is InChI=1S/C39H40ClN5O5/c1-28(34-14-8-9-15-35(34)40)21-42-37(46)24-45(23-29-16-18-33(19-17-29)49-25-30-10-4-2-5-11-30)38(47)36(20-32-22-41-27-43-32)44-39(48)50-26-31-12-6-3-7-13-31/h2-19,22,27-28,36H,20-21,23-26H2,1H3,(H,41,43)(H,42,46)(H,44,48)/t28-,36+/m1/s1. The Kier molecular flexibility index (Phi) is 13.0. The maximum absolute atomic E-state index is 14.2. The van der Waals surface area contributed by atoms with Crippen LogP contribution in [0, 0.1) is 0 Å². The molecular formula is C39H40ClN5O5. The number of hydrogen-bond donors (Lipinski definition) is 3. The van der Waals surface area contributed by atoms with Crippen LogP contribution < -0.4 is 15.4 Å². The van der Waals surface area contributed by atoms with Gasteiger partial charge in [-0.05, 0) is 46.4 Å². The summed E-state index contributed by atoms with van der Waals surface area (Å²) in [6.07, 6.45) is 2.42. The molecule has 0 unspecified atom stereocenters. The lowest BCUT2D eigenvalue weighted by atomic mass is 10.0. The second kappa shape index (κ2) is 18.2. The smallest absolute Gasteiger partial charge is 0.408 e. The fourth-order valence-electron chi connectivity index (χ4n) is 5.29.